The Hall–Kier alpha value is -1.72. The zero-order chi connectivity index (χ0) is 13.2. The fourth-order valence-corrected chi connectivity index (χ4v) is 1.68. The van der Waals surface area contributed by atoms with Gasteiger partial charge in [-0.1, -0.05) is 6.92 Å². The molecule has 0 saturated heterocycles. The number of rotatable bonds is 4. The van der Waals surface area contributed by atoms with Crippen LogP contribution in [-0.4, -0.2) is 12.5 Å². The van der Waals surface area contributed by atoms with E-state index in [0.717, 1.165) is 0 Å². The summed E-state index contributed by atoms with van der Waals surface area (Å²) in [5.74, 6) is -5.66. The highest BCUT2D eigenvalue weighted by Gasteiger charge is 2.26. The number of amides is 1. The molecule has 0 aliphatic carbocycles. The third kappa shape index (κ3) is 2.20. The van der Waals surface area contributed by atoms with Crippen LogP contribution in [0.5, 0.6) is 0 Å². The van der Waals surface area contributed by atoms with Crippen molar-refractivity contribution >= 4 is 11.6 Å². The summed E-state index contributed by atoms with van der Waals surface area (Å²) in [4.78, 5) is 11.1. The van der Waals surface area contributed by atoms with Gasteiger partial charge in [0, 0.05) is 6.54 Å². The minimum atomic E-state index is -1.69. The molecule has 3 N–H and O–H groups in total. The first-order valence-electron chi connectivity index (χ1n) is 5.18. The summed E-state index contributed by atoms with van der Waals surface area (Å²) in [6.45, 7) is 3.58. The molecule has 0 heterocycles. The van der Waals surface area contributed by atoms with Crippen LogP contribution in [0.15, 0.2) is 0 Å². The Morgan fingerprint density at radius 1 is 1.18 bits per heavy atom. The summed E-state index contributed by atoms with van der Waals surface area (Å²) in [6.07, 6.45) is 0.161. The highest BCUT2D eigenvalue weighted by Crippen LogP contribution is 2.29. The minimum Gasteiger partial charge on any atom is -0.383 e. The predicted octanol–water partition coefficient (Wildman–Crippen LogP) is 2.20. The molecule has 0 aliphatic heterocycles. The highest BCUT2D eigenvalue weighted by molar-refractivity contribution is 5.96. The molecule has 3 nitrogen and oxygen atoms in total. The highest BCUT2D eigenvalue weighted by atomic mass is 19.2. The van der Waals surface area contributed by atoms with Gasteiger partial charge < -0.3 is 11.1 Å². The molecule has 0 saturated carbocycles. The van der Waals surface area contributed by atoms with E-state index in [9.17, 15) is 18.0 Å². The average Bonchev–Trinajstić information content (AvgIpc) is 2.29. The van der Waals surface area contributed by atoms with Gasteiger partial charge in [0.1, 0.15) is 0 Å². The van der Waals surface area contributed by atoms with Crippen LogP contribution in [0.2, 0.25) is 0 Å². The number of primary amides is 1. The molecule has 0 aliphatic rings. The summed E-state index contributed by atoms with van der Waals surface area (Å²) < 4.78 is 40.2. The van der Waals surface area contributed by atoms with Crippen LogP contribution < -0.4 is 11.1 Å². The second kappa shape index (κ2) is 5.07. The summed E-state index contributed by atoms with van der Waals surface area (Å²) >= 11 is 0. The van der Waals surface area contributed by atoms with E-state index < -0.39 is 28.9 Å². The second-order valence-corrected chi connectivity index (χ2v) is 3.42. The van der Waals surface area contributed by atoms with Crippen molar-refractivity contribution in [3.8, 4) is 0 Å². The van der Waals surface area contributed by atoms with Crippen LogP contribution in [0.1, 0.15) is 29.8 Å². The monoisotopic (exact) mass is 246 g/mol. The Kier molecular flexibility index (Phi) is 3.98. The number of hydrogen-bond donors (Lipinski definition) is 2. The van der Waals surface area contributed by atoms with Crippen LogP contribution >= 0.6 is 0 Å². The van der Waals surface area contributed by atoms with Crippen LogP contribution in [0.25, 0.3) is 0 Å². The fourth-order valence-electron chi connectivity index (χ4n) is 1.68. The van der Waals surface area contributed by atoms with Gasteiger partial charge in [-0.25, -0.2) is 13.2 Å². The van der Waals surface area contributed by atoms with Gasteiger partial charge in [0.2, 0.25) is 0 Å². The van der Waals surface area contributed by atoms with Crippen molar-refractivity contribution in [3.63, 3.8) is 0 Å². The first-order chi connectivity index (χ1) is 7.95. The Morgan fingerprint density at radius 2 is 1.76 bits per heavy atom. The number of nitrogens with one attached hydrogen (secondary N) is 1. The SMILES string of the molecule is CCNc1c(F)c(F)c(F)c(C(N)=O)c1CC. The van der Waals surface area contributed by atoms with Crippen molar-refractivity contribution in [1.29, 1.82) is 0 Å². The number of halogens is 3. The molecule has 6 heteroatoms. The molecule has 0 radical (unpaired) electrons. The molecule has 0 atom stereocenters. The summed E-state index contributed by atoms with van der Waals surface area (Å²) in [5.41, 5.74) is 4.23. The van der Waals surface area contributed by atoms with Crippen LogP contribution in [0, 0.1) is 17.5 Å². The molecule has 1 aromatic carbocycles. The van der Waals surface area contributed by atoms with Crippen LogP contribution in [0.4, 0.5) is 18.9 Å². The molecule has 1 amide bonds. The first-order valence-corrected chi connectivity index (χ1v) is 5.18. The molecule has 0 bridgehead atoms. The molecule has 1 rings (SSSR count). The third-order valence-electron chi connectivity index (χ3n) is 2.38. The number of hydrogen-bond acceptors (Lipinski definition) is 2. The molecule has 0 aromatic heterocycles. The number of carbonyl (C=O) groups is 1. The lowest BCUT2D eigenvalue weighted by atomic mass is 10.0. The lowest BCUT2D eigenvalue weighted by molar-refractivity contribution is 0.0994. The summed E-state index contributed by atoms with van der Waals surface area (Å²) in [5, 5.41) is 2.57. The first kappa shape index (κ1) is 13.3. The van der Waals surface area contributed by atoms with Crippen LogP contribution in [-0.2, 0) is 6.42 Å². The summed E-state index contributed by atoms with van der Waals surface area (Å²) in [6, 6.07) is 0. The minimum absolute atomic E-state index is 0.0516. The predicted molar refractivity (Wildman–Crippen MR) is 58.4 cm³/mol. The van der Waals surface area contributed by atoms with Crippen molar-refractivity contribution in [1.82, 2.24) is 0 Å². The maximum Gasteiger partial charge on any atom is 0.252 e. The Morgan fingerprint density at radius 3 is 2.18 bits per heavy atom. The Labute approximate surface area is 96.8 Å². The molecule has 17 heavy (non-hydrogen) atoms. The van der Waals surface area contributed by atoms with E-state index in [4.69, 9.17) is 5.73 Å². The zero-order valence-electron chi connectivity index (χ0n) is 9.53. The Balaban J connectivity index is 3.65. The number of nitrogens with two attached hydrogens (primary N) is 1. The number of benzene rings is 1. The lowest BCUT2D eigenvalue weighted by Gasteiger charge is -2.15. The molecule has 0 fully saturated rings. The standard InChI is InChI=1S/C11H13F3N2O/c1-3-5-6(11(15)17)7(12)8(13)9(14)10(5)16-4-2/h16H,3-4H2,1-2H3,(H2,15,17). The van der Waals surface area contributed by atoms with E-state index in [1.165, 1.54) is 0 Å². The smallest absolute Gasteiger partial charge is 0.252 e. The quantitative estimate of drug-likeness (QED) is 0.800. The normalized spacial score (nSPS) is 10.4. The number of anilines is 1. The zero-order valence-corrected chi connectivity index (χ0v) is 9.53. The van der Waals surface area contributed by atoms with Gasteiger partial charge in [0.15, 0.2) is 17.5 Å². The van der Waals surface area contributed by atoms with Crippen molar-refractivity contribution in [2.75, 3.05) is 11.9 Å². The summed E-state index contributed by atoms with van der Waals surface area (Å²) in [7, 11) is 0. The van der Waals surface area contributed by atoms with Gasteiger partial charge in [-0.3, -0.25) is 4.79 Å². The van der Waals surface area contributed by atoms with E-state index in [2.05, 4.69) is 5.32 Å². The third-order valence-corrected chi connectivity index (χ3v) is 2.38. The molecule has 0 unspecified atom stereocenters. The van der Waals surface area contributed by atoms with Crippen molar-refractivity contribution in [2.45, 2.75) is 20.3 Å². The molecular formula is C11H13F3N2O. The van der Waals surface area contributed by atoms with E-state index >= 15 is 0 Å². The fraction of sp³-hybridized carbons (Fsp3) is 0.364. The second-order valence-electron chi connectivity index (χ2n) is 3.42. The lowest BCUT2D eigenvalue weighted by Crippen LogP contribution is -2.20. The largest absolute Gasteiger partial charge is 0.383 e. The maximum atomic E-state index is 13.5. The van der Waals surface area contributed by atoms with Gasteiger partial charge in [0.25, 0.3) is 5.91 Å². The molecule has 0 spiro atoms. The van der Waals surface area contributed by atoms with Gasteiger partial charge in [-0.05, 0) is 18.9 Å². The van der Waals surface area contributed by atoms with Crippen molar-refractivity contribution < 1.29 is 18.0 Å². The van der Waals surface area contributed by atoms with Gasteiger partial charge in [0.05, 0.1) is 11.3 Å². The van der Waals surface area contributed by atoms with Crippen molar-refractivity contribution in [2.24, 2.45) is 5.73 Å². The maximum absolute atomic E-state index is 13.5. The van der Waals surface area contributed by atoms with E-state index in [-0.39, 0.29) is 17.7 Å². The average molecular weight is 246 g/mol. The van der Waals surface area contributed by atoms with E-state index in [1.54, 1.807) is 13.8 Å². The van der Waals surface area contributed by atoms with Gasteiger partial charge >= 0.3 is 0 Å². The topological polar surface area (TPSA) is 55.1 Å². The van der Waals surface area contributed by atoms with Crippen LogP contribution in [0.3, 0.4) is 0 Å². The van der Waals surface area contributed by atoms with Gasteiger partial charge in [-0.2, -0.15) is 0 Å². The Bertz CT molecular complexity index is 461. The number of carbonyl (C=O) groups excluding carboxylic acids is 1. The molecule has 1 aromatic rings. The molecular weight excluding hydrogens is 233 g/mol. The van der Waals surface area contributed by atoms with E-state index in [0.29, 0.717) is 6.54 Å². The van der Waals surface area contributed by atoms with Gasteiger partial charge in [-0.15, -0.1) is 0 Å². The van der Waals surface area contributed by atoms with Crippen molar-refractivity contribution in [3.05, 3.63) is 28.6 Å². The molecule has 94 valence electrons. The van der Waals surface area contributed by atoms with E-state index in [1.807, 2.05) is 0 Å².